The molecule has 0 aromatic rings. The summed E-state index contributed by atoms with van der Waals surface area (Å²) in [5, 5.41) is 99.9. The van der Waals surface area contributed by atoms with Gasteiger partial charge >= 0.3 is 0 Å². The van der Waals surface area contributed by atoms with Crippen LogP contribution in [0.3, 0.4) is 0 Å². The molecule has 10 N–H and O–H groups in total. The van der Waals surface area contributed by atoms with Gasteiger partial charge < -0.3 is 79.7 Å². The zero-order valence-electron chi connectivity index (χ0n) is 38.1. The van der Waals surface area contributed by atoms with Crippen molar-refractivity contribution in [3.05, 3.63) is 11.6 Å². The number of amides is 1. The number of nitrogens with one attached hydrogen (secondary N) is 1. The zero-order valence-corrected chi connectivity index (χ0v) is 38.1. The van der Waals surface area contributed by atoms with Gasteiger partial charge in [0.15, 0.2) is 18.9 Å². The quantitative estimate of drug-likeness (QED) is 0.101. The number of ether oxygens (including phenoxy) is 6. The van der Waals surface area contributed by atoms with Crippen LogP contribution in [0.1, 0.15) is 99.3 Å². The van der Waals surface area contributed by atoms with E-state index in [1.165, 1.54) is 19.4 Å². The summed E-state index contributed by atoms with van der Waals surface area (Å²) in [4.78, 5) is 25.0. The van der Waals surface area contributed by atoms with Gasteiger partial charge in [-0.1, -0.05) is 39.3 Å². The average Bonchev–Trinajstić information content (AvgIpc) is 3.54. The molecule has 6 fully saturated rings. The van der Waals surface area contributed by atoms with Gasteiger partial charge in [-0.15, -0.1) is 0 Å². The molecule has 7 aliphatic rings. The predicted molar refractivity (Wildman–Crippen MR) is 224 cm³/mol. The maximum Gasteiger partial charge on any atom is 0.216 e. The topological polar surface area (TPSA) is 284 Å². The molecule has 0 aromatic carbocycles. The zero-order chi connectivity index (χ0) is 46.6. The molecule has 3 aliphatic heterocycles. The molecule has 3 heterocycles. The van der Waals surface area contributed by atoms with Gasteiger partial charge in [0.05, 0.1) is 31.5 Å². The number of allylic oxidation sites excluding steroid dienone is 1. The predicted octanol–water partition coefficient (Wildman–Crippen LogP) is -0.206. The van der Waals surface area contributed by atoms with Gasteiger partial charge in [-0.05, 0) is 98.7 Å². The van der Waals surface area contributed by atoms with E-state index >= 15 is 0 Å². The number of carbonyl (C=O) groups excluding carboxylic acids is 2. The summed E-state index contributed by atoms with van der Waals surface area (Å²) >= 11 is 0. The van der Waals surface area contributed by atoms with E-state index in [4.69, 9.17) is 28.4 Å². The minimum absolute atomic E-state index is 0.0825. The van der Waals surface area contributed by atoms with Gasteiger partial charge in [-0.25, -0.2) is 0 Å². The number of fused-ring (bicyclic) bond motifs is 5. The Morgan fingerprint density at radius 1 is 0.828 bits per heavy atom. The van der Waals surface area contributed by atoms with Gasteiger partial charge in [0.2, 0.25) is 5.91 Å². The Morgan fingerprint density at radius 3 is 2.22 bits per heavy atom. The molecule has 64 heavy (non-hydrogen) atoms. The second kappa shape index (κ2) is 20.1. The second-order valence-corrected chi connectivity index (χ2v) is 20.8. The first-order chi connectivity index (χ1) is 30.2. The van der Waals surface area contributed by atoms with E-state index in [1.807, 2.05) is 13.8 Å². The molecule has 18 nitrogen and oxygen atoms in total. The van der Waals surface area contributed by atoms with Crippen LogP contribution < -0.4 is 5.32 Å². The summed E-state index contributed by atoms with van der Waals surface area (Å²) in [7, 11) is 0. The van der Waals surface area contributed by atoms with Crippen molar-refractivity contribution >= 4 is 11.7 Å². The van der Waals surface area contributed by atoms with Crippen LogP contribution in [0.15, 0.2) is 11.6 Å². The van der Waals surface area contributed by atoms with Crippen molar-refractivity contribution in [2.45, 2.75) is 198 Å². The van der Waals surface area contributed by atoms with E-state index in [2.05, 4.69) is 25.2 Å². The molecule has 3 saturated heterocycles. The highest BCUT2D eigenvalue weighted by Gasteiger charge is 2.63. The number of Topliss-reactive ketones (excluding diaryl/α,β-unsaturated/α-hetero) is 1. The minimum atomic E-state index is -1.74. The number of rotatable bonds is 14. The van der Waals surface area contributed by atoms with E-state index in [9.17, 15) is 55.5 Å². The number of aliphatic hydroxyl groups is 9. The van der Waals surface area contributed by atoms with E-state index in [0.29, 0.717) is 50.5 Å². The number of carbonyl (C=O) groups is 2. The maximum absolute atomic E-state index is 13.6. The standard InChI is InChI=1S/C46H75NO17/c1-20(17-47-23(4)49)7-10-29(50)21(2)33-30(51)16-28-26-9-8-24-15-25(11-13-45(24,5)27(26)12-14-46(28,33)6)61-43-39(58)37(56)40(32(18-48)62-43)63-44-41(36(55)34(53)22(3)60-44)64-42-38(57)35(54)31(52)19-59-42/h8,20-22,25-28,30-44,48,51-58H,7,9-19H2,1-6H3,(H,47,49). The van der Waals surface area contributed by atoms with Gasteiger partial charge in [0, 0.05) is 25.8 Å². The lowest BCUT2D eigenvalue weighted by molar-refractivity contribution is -0.382. The number of hydrogen-bond donors (Lipinski definition) is 10. The Bertz CT molecular complexity index is 1650. The summed E-state index contributed by atoms with van der Waals surface area (Å²) < 4.78 is 35.4. The Balaban J connectivity index is 0.972. The van der Waals surface area contributed by atoms with Crippen LogP contribution in [0.25, 0.3) is 0 Å². The first-order valence-corrected chi connectivity index (χ1v) is 23.6. The molecular weight excluding hydrogens is 838 g/mol. The fourth-order valence-corrected chi connectivity index (χ4v) is 12.9. The monoisotopic (exact) mass is 914 g/mol. The van der Waals surface area contributed by atoms with E-state index < -0.39 is 105 Å². The number of hydrogen-bond acceptors (Lipinski definition) is 17. The highest BCUT2D eigenvalue weighted by Crippen LogP contribution is 2.67. The fourth-order valence-electron chi connectivity index (χ4n) is 12.9. The van der Waals surface area contributed by atoms with Crippen LogP contribution in [0.4, 0.5) is 0 Å². The molecule has 0 radical (unpaired) electrons. The lowest BCUT2D eigenvalue weighted by Gasteiger charge is -2.58. The molecule has 7 rings (SSSR count). The van der Waals surface area contributed by atoms with Gasteiger partial charge in [0.1, 0.15) is 66.8 Å². The number of ketones is 1. The molecular formula is C46H75NO17. The molecule has 366 valence electrons. The smallest absolute Gasteiger partial charge is 0.216 e. The molecule has 4 aliphatic carbocycles. The first-order valence-electron chi connectivity index (χ1n) is 23.6. The van der Waals surface area contributed by atoms with E-state index in [-0.39, 0.29) is 52.3 Å². The summed E-state index contributed by atoms with van der Waals surface area (Å²) in [5.41, 5.74) is 0.994. The lowest BCUT2D eigenvalue weighted by Crippen LogP contribution is -2.66. The third-order valence-electron chi connectivity index (χ3n) is 16.8. The summed E-state index contributed by atoms with van der Waals surface area (Å²) in [6.45, 7) is 11.1. The normalized spacial score (nSPS) is 49.1. The van der Waals surface area contributed by atoms with Crippen LogP contribution in [-0.2, 0) is 38.0 Å². The molecule has 18 heteroatoms. The van der Waals surface area contributed by atoms with E-state index in [0.717, 1.165) is 25.7 Å². The van der Waals surface area contributed by atoms with Crippen LogP contribution in [-0.4, -0.2) is 176 Å². The summed E-state index contributed by atoms with van der Waals surface area (Å²) in [6.07, 6.45) is -13.0. The van der Waals surface area contributed by atoms with Gasteiger partial charge in [-0.3, -0.25) is 9.59 Å². The molecule has 0 aromatic heterocycles. The van der Waals surface area contributed by atoms with Crippen LogP contribution >= 0.6 is 0 Å². The number of aliphatic hydroxyl groups excluding tert-OH is 9. The van der Waals surface area contributed by atoms with Crippen molar-refractivity contribution in [1.29, 1.82) is 0 Å². The Labute approximate surface area is 375 Å². The molecule has 1 amide bonds. The average molecular weight is 914 g/mol. The van der Waals surface area contributed by atoms with Crippen molar-refractivity contribution in [2.24, 2.45) is 46.3 Å². The fraction of sp³-hybridized carbons (Fsp3) is 0.913. The molecule has 0 spiro atoms. The summed E-state index contributed by atoms with van der Waals surface area (Å²) in [6, 6.07) is 0. The third kappa shape index (κ3) is 9.63. The van der Waals surface area contributed by atoms with Crippen molar-refractivity contribution < 1.29 is 84.0 Å². The maximum atomic E-state index is 13.6. The highest BCUT2D eigenvalue weighted by molar-refractivity contribution is 5.81. The van der Waals surface area contributed by atoms with Gasteiger partial charge in [0.25, 0.3) is 0 Å². The molecule has 3 saturated carbocycles. The SMILES string of the molecule is CC(=O)NCC(C)CCC(=O)C(C)C1C(O)CC2C3CC=C4CC(OC5OC(CO)C(OC6OC(C)C(O)C(O)C6OC6OCC(O)C(O)C6O)C(O)C5O)CCC4(C)C3CCC21C. The lowest BCUT2D eigenvalue weighted by atomic mass is 9.47. The van der Waals surface area contributed by atoms with Gasteiger partial charge in [-0.2, -0.15) is 0 Å². The van der Waals surface area contributed by atoms with E-state index in [1.54, 1.807) is 0 Å². The molecule has 24 atom stereocenters. The first kappa shape index (κ1) is 50.2. The third-order valence-corrected chi connectivity index (χ3v) is 16.8. The summed E-state index contributed by atoms with van der Waals surface area (Å²) in [5.74, 6) is 0.901. The molecule has 24 unspecified atom stereocenters. The largest absolute Gasteiger partial charge is 0.394 e. The van der Waals surface area contributed by atoms with Crippen molar-refractivity contribution in [2.75, 3.05) is 19.8 Å². The van der Waals surface area contributed by atoms with Crippen molar-refractivity contribution in [3.8, 4) is 0 Å². The van der Waals surface area contributed by atoms with Crippen molar-refractivity contribution in [1.82, 2.24) is 5.32 Å². The van der Waals surface area contributed by atoms with Crippen LogP contribution in [0.5, 0.6) is 0 Å². The second-order valence-electron chi connectivity index (χ2n) is 20.8. The Kier molecular flexibility index (Phi) is 15.7. The Hall–Kier alpha value is -1.72. The van der Waals surface area contributed by atoms with Crippen molar-refractivity contribution in [3.63, 3.8) is 0 Å². The highest BCUT2D eigenvalue weighted by atomic mass is 16.8. The minimum Gasteiger partial charge on any atom is -0.394 e. The van der Waals surface area contributed by atoms with Crippen LogP contribution in [0, 0.1) is 46.3 Å². The molecule has 0 bridgehead atoms. The van der Waals surface area contributed by atoms with Crippen LogP contribution in [0.2, 0.25) is 0 Å². The Morgan fingerprint density at radius 2 is 1.52 bits per heavy atom.